The van der Waals surface area contributed by atoms with Crippen molar-refractivity contribution in [2.75, 3.05) is 13.1 Å². The maximum absolute atomic E-state index is 12.0. The van der Waals surface area contributed by atoms with Gasteiger partial charge in [-0.05, 0) is 19.9 Å². The number of rotatable bonds is 2. The minimum Gasteiger partial charge on any atom is -0.364 e. The Hall–Kier alpha value is -0.290. The van der Waals surface area contributed by atoms with Crippen LogP contribution >= 0.6 is 0 Å². The van der Waals surface area contributed by atoms with E-state index in [1.165, 1.54) is 0 Å². The van der Waals surface area contributed by atoms with E-state index in [1.54, 1.807) is 0 Å². The summed E-state index contributed by atoms with van der Waals surface area (Å²) in [5.74, 6) is 0. The van der Waals surface area contributed by atoms with Gasteiger partial charge < -0.3 is 10.1 Å². The summed E-state index contributed by atoms with van der Waals surface area (Å²) in [4.78, 5) is 0. The van der Waals surface area contributed by atoms with Gasteiger partial charge in [0.1, 0.15) is 0 Å². The summed E-state index contributed by atoms with van der Waals surface area (Å²) in [6.45, 7) is 2.31. The van der Waals surface area contributed by atoms with E-state index < -0.39 is 12.3 Å². The molecule has 5 heteroatoms. The molecule has 1 rings (SSSR count). The summed E-state index contributed by atoms with van der Waals surface area (Å²) in [6, 6.07) is 0. The highest BCUT2D eigenvalue weighted by atomic mass is 19.4. The molecule has 0 bridgehead atoms. The Bertz CT molecular complexity index is 142. The molecule has 1 aliphatic rings. The second-order valence-electron chi connectivity index (χ2n) is 2.93. The average molecular weight is 183 g/mol. The summed E-state index contributed by atoms with van der Waals surface area (Å²) in [5.41, 5.74) is 0. The van der Waals surface area contributed by atoms with Crippen LogP contribution in [0, 0.1) is 0 Å². The molecule has 0 aromatic heterocycles. The largest absolute Gasteiger partial charge is 0.414 e. The molecule has 12 heavy (non-hydrogen) atoms. The van der Waals surface area contributed by atoms with Crippen molar-refractivity contribution in [1.82, 2.24) is 5.32 Å². The zero-order valence-electron chi connectivity index (χ0n) is 6.82. The third-order valence-corrected chi connectivity index (χ3v) is 1.87. The Balaban J connectivity index is 2.30. The van der Waals surface area contributed by atoms with E-state index >= 15 is 0 Å². The average Bonchev–Trinajstić information content (AvgIpc) is 2.37. The molecule has 0 aromatic rings. The number of hydrogen-bond donors (Lipinski definition) is 1. The lowest BCUT2D eigenvalue weighted by Gasteiger charge is -2.20. The molecule has 2 nitrogen and oxygen atoms in total. The zero-order valence-corrected chi connectivity index (χ0v) is 6.82. The fourth-order valence-electron chi connectivity index (χ4n) is 1.11. The smallest absolute Gasteiger partial charge is 0.364 e. The van der Waals surface area contributed by atoms with Crippen LogP contribution in [-0.4, -0.2) is 31.5 Å². The lowest BCUT2D eigenvalue weighted by Crippen LogP contribution is -2.33. The van der Waals surface area contributed by atoms with Crippen molar-refractivity contribution in [2.24, 2.45) is 0 Å². The molecule has 72 valence electrons. The van der Waals surface area contributed by atoms with E-state index in [1.807, 2.05) is 0 Å². The van der Waals surface area contributed by atoms with Gasteiger partial charge in [0.15, 0.2) is 6.10 Å². The SMILES string of the molecule is CC(OC1CCNC1)C(F)(F)F. The van der Waals surface area contributed by atoms with Gasteiger partial charge in [-0.2, -0.15) is 13.2 Å². The Morgan fingerprint density at radius 1 is 1.50 bits per heavy atom. The van der Waals surface area contributed by atoms with Crippen LogP contribution in [0.2, 0.25) is 0 Å². The third-order valence-electron chi connectivity index (χ3n) is 1.87. The molecule has 1 aliphatic heterocycles. The van der Waals surface area contributed by atoms with Crippen LogP contribution in [0.15, 0.2) is 0 Å². The van der Waals surface area contributed by atoms with E-state index in [0.717, 1.165) is 13.5 Å². The summed E-state index contributed by atoms with van der Waals surface area (Å²) in [6.07, 6.45) is -5.49. The topological polar surface area (TPSA) is 21.3 Å². The Morgan fingerprint density at radius 3 is 2.58 bits per heavy atom. The zero-order chi connectivity index (χ0) is 9.19. The molecule has 2 atom stereocenters. The third kappa shape index (κ3) is 2.64. The first kappa shape index (κ1) is 9.80. The van der Waals surface area contributed by atoms with Crippen LogP contribution in [0.5, 0.6) is 0 Å². The monoisotopic (exact) mass is 183 g/mol. The van der Waals surface area contributed by atoms with Gasteiger partial charge in [-0.25, -0.2) is 0 Å². The fraction of sp³-hybridized carbons (Fsp3) is 1.00. The Kier molecular flexibility index (Phi) is 2.95. The minimum absolute atomic E-state index is 0.276. The first-order valence-corrected chi connectivity index (χ1v) is 3.93. The highest BCUT2D eigenvalue weighted by Crippen LogP contribution is 2.24. The lowest BCUT2D eigenvalue weighted by molar-refractivity contribution is -0.224. The molecule has 0 aromatic carbocycles. The number of ether oxygens (including phenoxy) is 1. The van der Waals surface area contributed by atoms with E-state index in [-0.39, 0.29) is 6.10 Å². The van der Waals surface area contributed by atoms with Crippen molar-refractivity contribution >= 4 is 0 Å². The fourth-order valence-corrected chi connectivity index (χ4v) is 1.11. The highest BCUT2D eigenvalue weighted by Gasteiger charge is 2.38. The van der Waals surface area contributed by atoms with Crippen molar-refractivity contribution < 1.29 is 17.9 Å². The maximum atomic E-state index is 12.0. The van der Waals surface area contributed by atoms with Gasteiger partial charge in [-0.3, -0.25) is 0 Å². The maximum Gasteiger partial charge on any atom is 0.414 e. The molecular formula is C7H12F3NO. The molecule has 2 unspecified atom stereocenters. The second-order valence-corrected chi connectivity index (χ2v) is 2.93. The summed E-state index contributed by atoms with van der Waals surface area (Å²) >= 11 is 0. The molecular weight excluding hydrogens is 171 g/mol. The van der Waals surface area contributed by atoms with Gasteiger partial charge in [0.05, 0.1) is 6.10 Å². The van der Waals surface area contributed by atoms with E-state index in [4.69, 9.17) is 4.74 Å². The molecule has 1 N–H and O–H groups in total. The van der Waals surface area contributed by atoms with Crippen molar-refractivity contribution in [1.29, 1.82) is 0 Å². The Morgan fingerprint density at radius 2 is 2.17 bits per heavy atom. The van der Waals surface area contributed by atoms with Crippen LogP contribution in [-0.2, 0) is 4.74 Å². The predicted molar refractivity (Wildman–Crippen MR) is 37.9 cm³/mol. The van der Waals surface area contributed by atoms with Crippen LogP contribution in [0.25, 0.3) is 0 Å². The van der Waals surface area contributed by atoms with Crippen molar-refractivity contribution in [3.8, 4) is 0 Å². The van der Waals surface area contributed by atoms with Crippen LogP contribution < -0.4 is 5.32 Å². The van der Waals surface area contributed by atoms with Gasteiger partial charge in [-0.1, -0.05) is 0 Å². The van der Waals surface area contributed by atoms with E-state index in [2.05, 4.69) is 5.32 Å². The normalized spacial score (nSPS) is 27.5. The molecule has 1 saturated heterocycles. The van der Waals surface area contributed by atoms with Gasteiger partial charge in [-0.15, -0.1) is 0 Å². The van der Waals surface area contributed by atoms with Crippen LogP contribution in [0.1, 0.15) is 13.3 Å². The van der Waals surface area contributed by atoms with Crippen molar-refractivity contribution in [2.45, 2.75) is 31.7 Å². The highest BCUT2D eigenvalue weighted by molar-refractivity contribution is 4.74. The molecule has 0 amide bonds. The van der Waals surface area contributed by atoms with E-state index in [9.17, 15) is 13.2 Å². The van der Waals surface area contributed by atoms with Gasteiger partial charge >= 0.3 is 6.18 Å². The summed E-state index contributed by atoms with van der Waals surface area (Å²) in [7, 11) is 0. The lowest BCUT2D eigenvalue weighted by atomic mass is 10.3. The Labute approximate surface area is 69.1 Å². The number of nitrogens with one attached hydrogen (secondary N) is 1. The van der Waals surface area contributed by atoms with Crippen LogP contribution in [0.3, 0.4) is 0 Å². The summed E-state index contributed by atoms with van der Waals surface area (Å²) in [5, 5.41) is 2.94. The van der Waals surface area contributed by atoms with Crippen molar-refractivity contribution in [3.63, 3.8) is 0 Å². The molecule has 1 heterocycles. The van der Waals surface area contributed by atoms with Crippen LogP contribution in [0.4, 0.5) is 13.2 Å². The molecule has 0 aliphatic carbocycles. The predicted octanol–water partition coefficient (Wildman–Crippen LogP) is 1.32. The first-order valence-electron chi connectivity index (χ1n) is 3.93. The molecule has 1 fully saturated rings. The standard InChI is InChI=1S/C7H12F3NO/c1-5(7(8,9)10)12-6-2-3-11-4-6/h5-6,11H,2-4H2,1H3. The van der Waals surface area contributed by atoms with Gasteiger partial charge in [0.2, 0.25) is 0 Å². The molecule has 0 saturated carbocycles. The van der Waals surface area contributed by atoms with Gasteiger partial charge in [0, 0.05) is 6.54 Å². The van der Waals surface area contributed by atoms with Crippen molar-refractivity contribution in [3.05, 3.63) is 0 Å². The summed E-state index contributed by atoms with van der Waals surface area (Å²) < 4.78 is 40.7. The number of halogens is 3. The number of hydrogen-bond acceptors (Lipinski definition) is 2. The second kappa shape index (κ2) is 3.62. The molecule has 0 spiro atoms. The number of alkyl halides is 3. The first-order chi connectivity index (χ1) is 5.50. The minimum atomic E-state index is -4.23. The van der Waals surface area contributed by atoms with E-state index in [0.29, 0.717) is 13.0 Å². The quantitative estimate of drug-likeness (QED) is 0.697. The molecule has 0 radical (unpaired) electrons. The van der Waals surface area contributed by atoms with Gasteiger partial charge in [0.25, 0.3) is 0 Å².